The average molecular weight is 1190 g/mol. The highest BCUT2D eigenvalue weighted by Gasteiger charge is 2.30. The van der Waals surface area contributed by atoms with E-state index in [0.29, 0.717) is 25.7 Å². The molecule has 19 heteroatoms. The van der Waals surface area contributed by atoms with Gasteiger partial charge in [-0.15, -0.1) is 0 Å². The van der Waals surface area contributed by atoms with Gasteiger partial charge in [-0.05, 0) is 37.5 Å². The molecule has 3 N–H and O–H groups in total. The minimum Gasteiger partial charge on any atom is -0.462 e. The number of phosphoric ester groups is 2. The second-order valence-electron chi connectivity index (χ2n) is 22.8. The summed E-state index contributed by atoms with van der Waals surface area (Å²) in [5.41, 5.74) is 0. The van der Waals surface area contributed by atoms with E-state index in [4.69, 9.17) is 37.0 Å². The third-order valence-electron chi connectivity index (χ3n) is 14.3. The van der Waals surface area contributed by atoms with Gasteiger partial charge in [-0.1, -0.05) is 247 Å². The van der Waals surface area contributed by atoms with Crippen LogP contribution in [0, 0.1) is 11.8 Å². The van der Waals surface area contributed by atoms with E-state index < -0.39 is 97.5 Å². The van der Waals surface area contributed by atoms with Crippen LogP contribution < -0.4 is 0 Å². The molecule has 0 aliphatic rings. The highest BCUT2D eigenvalue weighted by atomic mass is 31.2. The van der Waals surface area contributed by atoms with Gasteiger partial charge < -0.3 is 33.8 Å². The Morgan fingerprint density at radius 3 is 0.950 bits per heavy atom. The highest BCUT2D eigenvalue weighted by molar-refractivity contribution is 7.47. The zero-order valence-corrected chi connectivity index (χ0v) is 53.2. The van der Waals surface area contributed by atoms with Crippen molar-refractivity contribution in [2.24, 2.45) is 11.8 Å². The SMILES string of the molecule is CCCCCCCCCCCCC(=O)O[C@H](COC(=O)CCCCCCC)COP(=O)(O)OC[C@H](O)COP(=O)(O)OC[C@@H](COC(=O)CCCCCCCCCCC(C)C)OC(=O)CCCCCCCCCCCCC(C)CC. The summed E-state index contributed by atoms with van der Waals surface area (Å²) >= 11 is 0. The Bertz CT molecular complexity index is 1580. The van der Waals surface area contributed by atoms with Crippen LogP contribution in [-0.4, -0.2) is 96.7 Å². The Kier molecular flexibility index (Phi) is 52.5. The van der Waals surface area contributed by atoms with Crippen molar-refractivity contribution in [1.82, 2.24) is 0 Å². The number of rotatable bonds is 60. The summed E-state index contributed by atoms with van der Waals surface area (Å²) in [4.78, 5) is 71.8. The minimum atomic E-state index is -4.94. The summed E-state index contributed by atoms with van der Waals surface area (Å²) in [6.07, 6.45) is 35.1. The van der Waals surface area contributed by atoms with Crippen molar-refractivity contribution in [3.8, 4) is 0 Å². The Hall–Kier alpha value is -1.94. The predicted molar refractivity (Wildman–Crippen MR) is 317 cm³/mol. The number of hydrogen-bond donors (Lipinski definition) is 3. The van der Waals surface area contributed by atoms with Gasteiger partial charge in [0.1, 0.15) is 19.3 Å². The topological polar surface area (TPSA) is 237 Å². The summed E-state index contributed by atoms with van der Waals surface area (Å²) in [5.74, 6) is -0.620. The van der Waals surface area contributed by atoms with E-state index in [2.05, 4.69) is 41.5 Å². The van der Waals surface area contributed by atoms with Crippen molar-refractivity contribution in [2.75, 3.05) is 39.6 Å². The third kappa shape index (κ3) is 54.0. The standard InChI is InChI=1S/C61H118O17P2/c1-7-10-12-14-15-16-20-27-33-39-45-60(65)77-56(49-71-58(63)43-37-29-13-11-8-2)51-75-79(67,68)73-47-55(62)48-74-80(69,70)76-52-57(50-72-59(64)44-38-32-26-23-22-24-30-35-41-53(4)5)78-61(66)46-40-34-28-21-18-17-19-25-31-36-42-54(6)9-3/h53-57,62H,7-52H2,1-6H3,(H,67,68)(H,69,70)/t54?,55-,56+,57+/m0/s1. The zero-order valence-electron chi connectivity index (χ0n) is 51.4. The molecule has 0 bridgehead atoms. The smallest absolute Gasteiger partial charge is 0.462 e. The number of carbonyl (C=O) groups excluding carboxylic acids is 4. The molecule has 80 heavy (non-hydrogen) atoms. The summed E-state index contributed by atoms with van der Waals surface area (Å²) in [7, 11) is -9.87. The zero-order chi connectivity index (χ0) is 59.4. The normalized spacial score (nSPS) is 14.7. The van der Waals surface area contributed by atoms with Crippen molar-refractivity contribution in [1.29, 1.82) is 0 Å². The molecule has 0 amide bonds. The number of aliphatic hydroxyl groups is 1. The number of aliphatic hydroxyl groups excluding tert-OH is 1. The molecule has 0 fully saturated rings. The quantitative estimate of drug-likeness (QED) is 0.0222. The van der Waals surface area contributed by atoms with E-state index in [9.17, 15) is 43.2 Å². The lowest BCUT2D eigenvalue weighted by atomic mass is 9.99. The van der Waals surface area contributed by atoms with E-state index >= 15 is 0 Å². The molecule has 3 unspecified atom stereocenters. The molecule has 0 spiro atoms. The molecular formula is C61H118O17P2. The van der Waals surface area contributed by atoms with Crippen LogP contribution in [0.15, 0.2) is 0 Å². The first-order valence-electron chi connectivity index (χ1n) is 32.0. The maximum absolute atomic E-state index is 12.9. The van der Waals surface area contributed by atoms with Gasteiger partial charge in [0.15, 0.2) is 12.2 Å². The summed E-state index contributed by atoms with van der Waals surface area (Å²) < 4.78 is 67.7. The molecule has 0 aromatic heterocycles. The highest BCUT2D eigenvalue weighted by Crippen LogP contribution is 2.45. The minimum absolute atomic E-state index is 0.105. The van der Waals surface area contributed by atoms with Crippen LogP contribution in [0.5, 0.6) is 0 Å². The van der Waals surface area contributed by atoms with Crippen molar-refractivity contribution in [3.63, 3.8) is 0 Å². The maximum atomic E-state index is 12.9. The largest absolute Gasteiger partial charge is 0.472 e. The van der Waals surface area contributed by atoms with Crippen LogP contribution in [0.4, 0.5) is 0 Å². The number of hydrogen-bond acceptors (Lipinski definition) is 15. The van der Waals surface area contributed by atoms with Gasteiger partial charge >= 0.3 is 39.5 Å². The fourth-order valence-electron chi connectivity index (χ4n) is 8.97. The molecule has 6 atom stereocenters. The molecule has 0 rings (SSSR count). The number of esters is 4. The first-order valence-corrected chi connectivity index (χ1v) is 35.0. The van der Waals surface area contributed by atoms with E-state index in [0.717, 1.165) is 108 Å². The van der Waals surface area contributed by atoms with Gasteiger partial charge in [-0.2, -0.15) is 0 Å². The van der Waals surface area contributed by atoms with Crippen molar-refractivity contribution in [2.45, 2.75) is 317 Å². The number of ether oxygens (including phenoxy) is 4. The van der Waals surface area contributed by atoms with Crippen molar-refractivity contribution >= 4 is 39.5 Å². The molecule has 0 saturated carbocycles. The van der Waals surface area contributed by atoms with Gasteiger partial charge in [0.05, 0.1) is 26.4 Å². The van der Waals surface area contributed by atoms with Crippen LogP contribution in [0.3, 0.4) is 0 Å². The number of unbranched alkanes of at least 4 members (excludes halogenated alkanes) is 29. The Morgan fingerprint density at radius 1 is 0.362 bits per heavy atom. The Morgan fingerprint density at radius 2 is 0.637 bits per heavy atom. The van der Waals surface area contributed by atoms with E-state index in [1.54, 1.807) is 0 Å². The monoisotopic (exact) mass is 1180 g/mol. The molecule has 0 aromatic rings. The van der Waals surface area contributed by atoms with E-state index in [1.807, 2.05) is 0 Å². The average Bonchev–Trinajstić information content (AvgIpc) is 3.42. The Balaban J connectivity index is 5.19. The van der Waals surface area contributed by atoms with Gasteiger partial charge in [-0.3, -0.25) is 37.3 Å². The Labute approximate surface area is 486 Å². The van der Waals surface area contributed by atoms with Crippen LogP contribution in [0.1, 0.15) is 298 Å². The fraction of sp³-hybridized carbons (Fsp3) is 0.934. The molecule has 17 nitrogen and oxygen atoms in total. The van der Waals surface area contributed by atoms with Crippen LogP contribution in [0.2, 0.25) is 0 Å². The molecule has 0 aromatic carbocycles. The lowest BCUT2D eigenvalue weighted by Gasteiger charge is -2.21. The van der Waals surface area contributed by atoms with E-state index in [-0.39, 0.29) is 25.7 Å². The molecule has 474 valence electrons. The van der Waals surface area contributed by atoms with Gasteiger partial charge in [0.25, 0.3) is 0 Å². The van der Waals surface area contributed by atoms with Crippen molar-refractivity contribution < 1.29 is 80.2 Å². The molecule has 0 saturated heterocycles. The van der Waals surface area contributed by atoms with Gasteiger partial charge in [-0.25, -0.2) is 9.13 Å². The van der Waals surface area contributed by atoms with Crippen LogP contribution >= 0.6 is 15.6 Å². The molecule has 0 radical (unpaired) electrons. The van der Waals surface area contributed by atoms with Crippen LogP contribution in [0.25, 0.3) is 0 Å². The fourth-order valence-corrected chi connectivity index (χ4v) is 10.5. The predicted octanol–water partition coefficient (Wildman–Crippen LogP) is 16.5. The summed E-state index contributed by atoms with van der Waals surface area (Å²) in [5, 5.41) is 10.5. The van der Waals surface area contributed by atoms with E-state index in [1.165, 1.54) is 109 Å². The first kappa shape index (κ1) is 78.1. The first-order chi connectivity index (χ1) is 38.4. The lowest BCUT2D eigenvalue weighted by molar-refractivity contribution is -0.161. The second kappa shape index (κ2) is 53.8. The van der Waals surface area contributed by atoms with Gasteiger partial charge in [0.2, 0.25) is 0 Å². The summed E-state index contributed by atoms with van der Waals surface area (Å²) in [6, 6.07) is 0. The third-order valence-corrected chi connectivity index (χ3v) is 16.2. The number of carbonyl (C=O) groups is 4. The maximum Gasteiger partial charge on any atom is 0.472 e. The lowest BCUT2D eigenvalue weighted by Crippen LogP contribution is -2.30. The molecule has 0 heterocycles. The number of phosphoric acid groups is 2. The molecular weight excluding hydrogens is 1070 g/mol. The molecule has 0 aliphatic heterocycles. The van der Waals surface area contributed by atoms with Gasteiger partial charge in [0, 0.05) is 25.7 Å². The second-order valence-corrected chi connectivity index (χ2v) is 25.7. The summed E-state index contributed by atoms with van der Waals surface area (Å²) in [6.45, 7) is 9.37. The van der Waals surface area contributed by atoms with Crippen LogP contribution in [-0.2, 0) is 65.4 Å². The molecule has 0 aliphatic carbocycles. The van der Waals surface area contributed by atoms with Crippen molar-refractivity contribution in [3.05, 3.63) is 0 Å².